The highest BCUT2D eigenvalue weighted by Gasteiger charge is 2.33. The molecule has 1 aliphatic heterocycles. The fourth-order valence-corrected chi connectivity index (χ4v) is 6.78. The molecule has 5 aromatic rings. The van der Waals surface area contributed by atoms with Gasteiger partial charge < -0.3 is 14.2 Å². The second-order valence-electron chi connectivity index (χ2n) is 11.7. The normalized spacial score (nSPS) is 16.6. The number of fused-ring (bicyclic) bond motifs is 2. The summed E-state index contributed by atoms with van der Waals surface area (Å²) in [5.41, 5.74) is 6.14. The van der Waals surface area contributed by atoms with Crippen LogP contribution in [0.15, 0.2) is 48.7 Å². The summed E-state index contributed by atoms with van der Waals surface area (Å²) in [5, 5.41) is 6.01. The van der Waals surface area contributed by atoms with E-state index < -0.39 is 17.7 Å². The van der Waals surface area contributed by atoms with E-state index in [2.05, 4.69) is 5.10 Å². The Hall–Kier alpha value is -3.37. The van der Waals surface area contributed by atoms with E-state index in [1.165, 1.54) is 11.3 Å². The number of hydrogen-bond acceptors (Lipinski definition) is 8. The lowest BCUT2D eigenvalue weighted by Crippen LogP contribution is -2.29. The standard InChI is InChI=1S/C33H35ClN4O4S/c1-6-40-32(39)29(42-33(3,4)5)27-19(2)17-23-30(28(27)20-10-12-21(34)13-11-20)43-31(37-23)22-14-15-25-24(36-22)18-35-38(25)26-9-7-8-16-41-26/h10-15,17-18,26,29H,6-9,16H2,1-5H3/t26?,29-/m0/s1. The van der Waals surface area contributed by atoms with Gasteiger partial charge in [-0.15, -0.1) is 11.3 Å². The van der Waals surface area contributed by atoms with Crippen molar-refractivity contribution in [3.05, 3.63) is 64.8 Å². The van der Waals surface area contributed by atoms with Crippen LogP contribution in [0.5, 0.6) is 0 Å². The second-order valence-corrected chi connectivity index (χ2v) is 13.2. The van der Waals surface area contributed by atoms with E-state index in [-0.39, 0.29) is 12.8 Å². The van der Waals surface area contributed by atoms with Gasteiger partial charge >= 0.3 is 5.97 Å². The molecule has 3 aromatic heterocycles. The van der Waals surface area contributed by atoms with Gasteiger partial charge in [0.2, 0.25) is 0 Å². The Balaban J connectivity index is 1.51. The average Bonchev–Trinajstić information content (AvgIpc) is 3.60. The van der Waals surface area contributed by atoms with Crippen molar-refractivity contribution in [3.63, 3.8) is 0 Å². The van der Waals surface area contributed by atoms with Crippen LogP contribution >= 0.6 is 22.9 Å². The molecule has 4 heterocycles. The molecule has 10 heteroatoms. The number of carbonyl (C=O) groups is 1. The Labute approximate surface area is 260 Å². The van der Waals surface area contributed by atoms with E-state index in [4.69, 9.17) is 35.8 Å². The van der Waals surface area contributed by atoms with Crippen LogP contribution in [0, 0.1) is 6.92 Å². The summed E-state index contributed by atoms with van der Waals surface area (Å²) in [5.74, 6) is -0.425. The Kier molecular flexibility index (Phi) is 8.26. The van der Waals surface area contributed by atoms with Crippen molar-refractivity contribution in [2.24, 2.45) is 0 Å². The van der Waals surface area contributed by atoms with E-state index in [1.807, 2.05) is 74.8 Å². The van der Waals surface area contributed by atoms with Crippen molar-refractivity contribution in [2.45, 2.75) is 71.8 Å². The van der Waals surface area contributed by atoms with Crippen LogP contribution in [-0.2, 0) is 19.0 Å². The SMILES string of the molecule is CCOC(=O)[C@@H](OC(C)(C)C)c1c(C)cc2nc(-c3ccc4c(cnn4C4CCCCO4)n3)sc2c1-c1ccc(Cl)cc1. The fourth-order valence-electron chi connectivity index (χ4n) is 5.56. The fraction of sp³-hybridized carbons (Fsp3) is 0.394. The van der Waals surface area contributed by atoms with Crippen molar-refractivity contribution in [1.82, 2.24) is 19.7 Å². The van der Waals surface area contributed by atoms with Crippen LogP contribution in [0.4, 0.5) is 0 Å². The number of aryl methyl sites for hydroxylation is 1. The molecule has 1 saturated heterocycles. The number of carbonyl (C=O) groups excluding carboxylic acids is 1. The summed E-state index contributed by atoms with van der Waals surface area (Å²) in [7, 11) is 0. The van der Waals surface area contributed by atoms with Gasteiger partial charge in [-0.05, 0) is 95.3 Å². The van der Waals surface area contributed by atoms with Crippen LogP contribution < -0.4 is 0 Å². The first-order chi connectivity index (χ1) is 20.6. The monoisotopic (exact) mass is 618 g/mol. The Morgan fingerprint density at radius 3 is 2.63 bits per heavy atom. The third-order valence-electron chi connectivity index (χ3n) is 7.40. The van der Waals surface area contributed by atoms with Gasteiger partial charge in [0.15, 0.2) is 12.3 Å². The van der Waals surface area contributed by atoms with Crippen molar-refractivity contribution in [2.75, 3.05) is 13.2 Å². The van der Waals surface area contributed by atoms with Gasteiger partial charge in [-0.25, -0.2) is 19.4 Å². The average molecular weight is 619 g/mol. The first-order valence-electron chi connectivity index (χ1n) is 14.6. The minimum atomic E-state index is -0.928. The predicted molar refractivity (Wildman–Crippen MR) is 170 cm³/mol. The number of rotatable bonds is 7. The maximum Gasteiger partial charge on any atom is 0.339 e. The Morgan fingerprint density at radius 1 is 1.14 bits per heavy atom. The number of thiazole rings is 1. The molecule has 2 atom stereocenters. The third-order valence-corrected chi connectivity index (χ3v) is 8.76. The van der Waals surface area contributed by atoms with E-state index in [1.54, 1.807) is 13.1 Å². The Morgan fingerprint density at radius 2 is 1.93 bits per heavy atom. The highest BCUT2D eigenvalue weighted by molar-refractivity contribution is 7.22. The second kappa shape index (κ2) is 12.0. The van der Waals surface area contributed by atoms with Crippen LogP contribution in [0.25, 0.3) is 43.1 Å². The minimum Gasteiger partial charge on any atom is -0.464 e. The summed E-state index contributed by atoms with van der Waals surface area (Å²) < 4.78 is 20.7. The lowest BCUT2D eigenvalue weighted by atomic mass is 9.91. The highest BCUT2D eigenvalue weighted by atomic mass is 35.5. The highest BCUT2D eigenvalue weighted by Crippen LogP contribution is 2.44. The van der Waals surface area contributed by atoms with Gasteiger partial charge in [-0.3, -0.25) is 0 Å². The molecule has 0 N–H and O–H groups in total. The zero-order valence-corrected chi connectivity index (χ0v) is 26.6. The van der Waals surface area contributed by atoms with E-state index in [0.717, 1.165) is 80.1 Å². The maximum atomic E-state index is 13.4. The molecule has 1 fully saturated rings. The molecule has 0 aliphatic carbocycles. The number of hydrogen-bond donors (Lipinski definition) is 0. The maximum absolute atomic E-state index is 13.4. The van der Waals surface area contributed by atoms with E-state index >= 15 is 0 Å². The van der Waals surface area contributed by atoms with Crippen LogP contribution in [-0.4, -0.2) is 44.5 Å². The largest absolute Gasteiger partial charge is 0.464 e. The van der Waals surface area contributed by atoms with Crippen LogP contribution in [0.2, 0.25) is 5.02 Å². The molecular weight excluding hydrogens is 584 g/mol. The van der Waals surface area contributed by atoms with Gasteiger partial charge in [0.05, 0.1) is 39.8 Å². The van der Waals surface area contributed by atoms with Crippen molar-refractivity contribution in [3.8, 4) is 21.8 Å². The predicted octanol–water partition coefficient (Wildman–Crippen LogP) is 8.46. The minimum absolute atomic E-state index is 0.0626. The number of ether oxygens (including phenoxy) is 3. The summed E-state index contributed by atoms with van der Waals surface area (Å²) in [6.45, 7) is 10.6. The summed E-state index contributed by atoms with van der Waals surface area (Å²) in [6.07, 6.45) is 3.95. The molecule has 0 spiro atoms. The molecule has 43 heavy (non-hydrogen) atoms. The van der Waals surface area contributed by atoms with Crippen LogP contribution in [0.3, 0.4) is 0 Å². The molecule has 1 aliphatic rings. The molecule has 0 saturated carbocycles. The quantitative estimate of drug-likeness (QED) is 0.169. The number of nitrogens with zero attached hydrogens (tertiary/aromatic N) is 4. The number of benzene rings is 2. The summed E-state index contributed by atoms with van der Waals surface area (Å²) >= 11 is 7.82. The van der Waals surface area contributed by atoms with Gasteiger partial charge in [0.1, 0.15) is 10.5 Å². The zero-order valence-electron chi connectivity index (χ0n) is 25.0. The molecular formula is C33H35ClN4O4S. The molecule has 0 bridgehead atoms. The molecule has 0 amide bonds. The lowest BCUT2D eigenvalue weighted by molar-refractivity contribution is -0.166. The van der Waals surface area contributed by atoms with E-state index in [0.29, 0.717) is 5.02 Å². The first-order valence-corrected chi connectivity index (χ1v) is 15.8. The first kappa shape index (κ1) is 29.7. The molecule has 8 nitrogen and oxygen atoms in total. The van der Waals surface area contributed by atoms with Gasteiger partial charge in [-0.1, -0.05) is 23.7 Å². The van der Waals surface area contributed by atoms with Crippen molar-refractivity contribution < 1.29 is 19.0 Å². The number of esters is 1. The van der Waals surface area contributed by atoms with E-state index in [9.17, 15) is 4.79 Å². The zero-order chi connectivity index (χ0) is 30.3. The molecule has 0 radical (unpaired) electrons. The lowest BCUT2D eigenvalue weighted by Gasteiger charge is -2.29. The Bertz CT molecular complexity index is 1790. The van der Waals surface area contributed by atoms with Gasteiger partial charge in [0, 0.05) is 22.8 Å². The number of aromatic nitrogens is 4. The van der Waals surface area contributed by atoms with Crippen molar-refractivity contribution in [1.29, 1.82) is 0 Å². The smallest absolute Gasteiger partial charge is 0.339 e. The summed E-state index contributed by atoms with van der Waals surface area (Å²) in [6, 6.07) is 13.7. The summed E-state index contributed by atoms with van der Waals surface area (Å²) in [4.78, 5) is 23.4. The van der Waals surface area contributed by atoms with Gasteiger partial charge in [0.25, 0.3) is 0 Å². The topological polar surface area (TPSA) is 88.4 Å². The van der Waals surface area contributed by atoms with Crippen molar-refractivity contribution >= 4 is 50.2 Å². The number of pyridine rings is 1. The number of halogens is 1. The molecule has 2 aromatic carbocycles. The molecule has 224 valence electrons. The third kappa shape index (κ3) is 6.04. The molecule has 6 rings (SSSR count). The van der Waals surface area contributed by atoms with Gasteiger partial charge in [-0.2, -0.15) is 5.10 Å². The van der Waals surface area contributed by atoms with Crippen LogP contribution in [0.1, 0.15) is 70.4 Å². The molecule has 1 unspecified atom stereocenters.